The maximum absolute atomic E-state index is 6.37. The standard InChI is InChI=1S/C62H50N2O/c1-42(39-46(47-33-37-61-53(40-47)52-23-9-15-29-60(52)65-61)19-16-38-63-48-34-30-44(31-35-48)43-17-4-2-5-18-43)45-32-36-51-50-22-8-10-24-54(50)62(57(51)41-45)55-25-11-13-27-58(55)64(49-20-6-3-7-21-49)59-28-14-12-26-56(59)62/h2-9,11-14,16-23,25-28,30-38,40-42,63H,10,15,24,29,39H2,1H3/b38-16+,46-19+. The molecule has 12 rings (SSSR count). The fourth-order valence-electron chi connectivity index (χ4n) is 11.2. The van der Waals surface area contributed by atoms with Crippen molar-refractivity contribution in [2.45, 2.75) is 50.4 Å². The number of nitrogens with zero attached hydrogens (tertiary/aromatic N) is 1. The van der Waals surface area contributed by atoms with Crippen LogP contribution in [0.4, 0.5) is 22.7 Å². The third-order valence-electron chi connectivity index (χ3n) is 14.2. The minimum atomic E-state index is -0.408. The third kappa shape index (κ3) is 6.56. The van der Waals surface area contributed by atoms with Gasteiger partial charge in [-0.15, -0.1) is 0 Å². The summed E-state index contributed by atoms with van der Waals surface area (Å²) in [7, 11) is 0. The van der Waals surface area contributed by atoms with Gasteiger partial charge in [-0.25, -0.2) is 0 Å². The van der Waals surface area contributed by atoms with Crippen LogP contribution in [0.25, 0.3) is 39.3 Å². The number of nitrogens with one attached hydrogen (secondary N) is 1. The maximum Gasteiger partial charge on any atom is 0.134 e. The summed E-state index contributed by atoms with van der Waals surface area (Å²) in [5.41, 5.74) is 21.2. The van der Waals surface area contributed by atoms with Gasteiger partial charge < -0.3 is 14.6 Å². The van der Waals surface area contributed by atoms with E-state index >= 15 is 0 Å². The summed E-state index contributed by atoms with van der Waals surface area (Å²) in [6, 6.07) is 62.6. The molecule has 3 nitrogen and oxygen atoms in total. The van der Waals surface area contributed by atoms with E-state index in [9.17, 15) is 0 Å². The average Bonchev–Trinajstić information content (AvgIpc) is 3.89. The lowest BCUT2D eigenvalue weighted by Crippen LogP contribution is -2.37. The SMILES string of the molecule is CC(C/C(=C\C=C\Nc1ccc(-c2ccccc2)cc1)c1ccc2oc3c(c2c1)C=CCC3)c1ccc2c(c1)C1(C3=C2C=CCC3)c2ccccc2N(c2ccccc2)c2ccccc21. The zero-order chi connectivity index (χ0) is 43.3. The Morgan fingerprint density at radius 2 is 1.37 bits per heavy atom. The van der Waals surface area contributed by atoms with Crippen LogP contribution in [0.5, 0.6) is 0 Å². The number of aryl methyl sites for hydroxylation is 1. The molecule has 0 radical (unpaired) electrons. The lowest BCUT2D eigenvalue weighted by Gasteiger charge is -2.46. The average molecular weight is 839 g/mol. The van der Waals surface area contributed by atoms with Crippen LogP contribution in [-0.4, -0.2) is 0 Å². The van der Waals surface area contributed by atoms with Gasteiger partial charge in [0.1, 0.15) is 11.3 Å². The van der Waals surface area contributed by atoms with E-state index < -0.39 is 5.41 Å². The quantitative estimate of drug-likeness (QED) is 0.147. The molecule has 7 aromatic carbocycles. The summed E-state index contributed by atoms with van der Waals surface area (Å²) in [5, 5.41) is 4.72. The highest BCUT2D eigenvalue weighted by molar-refractivity contribution is 5.98. The molecule has 1 unspecified atom stereocenters. The monoisotopic (exact) mass is 838 g/mol. The van der Waals surface area contributed by atoms with Crippen LogP contribution in [0.1, 0.15) is 83.2 Å². The van der Waals surface area contributed by atoms with Crippen molar-refractivity contribution in [3.8, 4) is 11.1 Å². The number of hydrogen-bond acceptors (Lipinski definition) is 3. The Bertz CT molecular complexity index is 3220. The van der Waals surface area contributed by atoms with E-state index in [-0.39, 0.29) is 5.92 Å². The molecule has 314 valence electrons. The van der Waals surface area contributed by atoms with Gasteiger partial charge in [0.25, 0.3) is 0 Å². The third-order valence-corrected chi connectivity index (χ3v) is 14.2. The lowest BCUT2D eigenvalue weighted by molar-refractivity contribution is 0.546. The fourth-order valence-corrected chi connectivity index (χ4v) is 11.2. The second-order valence-electron chi connectivity index (χ2n) is 17.9. The maximum atomic E-state index is 6.37. The van der Waals surface area contributed by atoms with Gasteiger partial charge in [-0.1, -0.05) is 159 Å². The van der Waals surface area contributed by atoms with E-state index in [0.717, 1.165) is 49.1 Å². The van der Waals surface area contributed by atoms with E-state index in [4.69, 9.17) is 4.42 Å². The van der Waals surface area contributed by atoms with E-state index in [2.05, 4.69) is 230 Å². The number of furan rings is 1. The fraction of sp³-hybridized carbons (Fsp3) is 0.129. The Morgan fingerprint density at radius 1 is 0.677 bits per heavy atom. The highest BCUT2D eigenvalue weighted by Crippen LogP contribution is 2.64. The molecule has 65 heavy (non-hydrogen) atoms. The summed E-state index contributed by atoms with van der Waals surface area (Å²) in [4.78, 5) is 2.47. The number of benzene rings is 7. The smallest absolute Gasteiger partial charge is 0.134 e. The molecule has 2 heterocycles. The molecule has 1 atom stereocenters. The van der Waals surface area contributed by atoms with Crippen molar-refractivity contribution >= 4 is 50.9 Å². The van der Waals surface area contributed by atoms with Crippen molar-refractivity contribution in [2.24, 2.45) is 0 Å². The van der Waals surface area contributed by atoms with Crippen molar-refractivity contribution in [3.05, 3.63) is 257 Å². The van der Waals surface area contributed by atoms with Crippen LogP contribution in [0, 0.1) is 0 Å². The second-order valence-corrected chi connectivity index (χ2v) is 17.9. The minimum Gasteiger partial charge on any atom is -0.460 e. The summed E-state index contributed by atoms with van der Waals surface area (Å²) in [6.45, 7) is 2.40. The largest absolute Gasteiger partial charge is 0.460 e. The Labute approximate surface area is 382 Å². The van der Waals surface area contributed by atoms with E-state index in [1.54, 1.807) is 0 Å². The first-order chi connectivity index (χ1) is 32.1. The number of hydrogen-bond donors (Lipinski definition) is 1. The molecular weight excluding hydrogens is 789 g/mol. The molecule has 8 aromatic rings. The van der Waals surface area contributed by atoms with Gasteiger partial charge in [0.05, 0.1) is 16.8 Å². The van der Waals surface area contributed by atoms with Crippen molar-refractivity contribution in [2.75, 3.05) is 10.2 Å². The Hall–Kier alpha value is -7.62. The zero-order valence-corrected chi connectivity index (χ0v) is 36.7. The number of fused-ring (bicyclic) bond motifs is 11. The minimum absolute atomic E-state index is 0.229. The van der Waals surface area contributed by atoms with Crippen LogP contribution in [-0.2, 0) is 11.8 Å². The molecular formula is C62H50N2O. The molecule has 0 saturated carbocycles. The second kappa shape index (κ2) is 16.2. The highest BCUT2D eigenvalue weighted by Gasteiger charge is 2.52. The molecule has 1 spiro atoms. The molecule has 1 aromatic heterocycles. The van der Waals surface area contributed by atoms with Crippen LogP contribution in [0.15, 0.2) is 216 Å². The topological polar surface area (TPSA) is 28.4 Å². The summed E-state index contributed by atoms with van der Waals surface area (Å²) in [5.74, 6) is 1.32. The first-order valence-corrected chi connectivity index (χ1v) is 23.2. The van der Waals surface area contributed by atoms with Crippen LogP contribution < -0.4 is 10.2 Å². The van der Waals surface area contributed by atoms with Gasteiger partial charge in [-0.3, -0.25) is 0 Å². The van der Waals surface area contributed by atoms with E-state index in [1.807, 2.05) is 0 Å². The van der Waals surface area contributed by atoms with Gasteiger partial charge in [0.2, 0.25) is 0 Å². The molecule has 0 fully saturated rings. The number of anilines is 4. The Kier molecular flexibility index (Phi) is 9.71. The van der Waals surface area contributed by atoms with Gasteiger partial charge in [0.15, 0.2) is 0 Å². The van der Waals surface area contributed by atoms with Gasteiger partial charge in [0, 0.05) is 34.9 Å². The van der Waals surface area contributed by atoms with Crippen molar-refractivity contribution < 1.29 is 4.42 Å². The number of para-hydroxylation sites is 3. The first-order valence-electron chi connectivity index (χ1n) is 23.2. The summed E-state index contributed by atoms with van der Waals surface area (Å²) in [6.07, 6.45) is 20.7. The molecule has 1 N–H and O–H groups in total. The highest BCUT2D eigenvalue weighted by atomic mass is 16.3. The number of rotatable bonds is 9. The molecule has 0 saturated heterocycles. The molecule has 1 aliphatic heterocycles. The molecule has 0 bridgehead atoms. The first kappa shape index (κ1) is 39.0. The normalized spacial score (nSPS) is 16.1. The Balaban J connectivity index is 0.936. The molecule has 3 heteroatoms. The molecule has 3 aliphatic carbocycles. The number of allylic oxidation sites excluding steroid dienone is 8. The predicted octanol–water partition coefficient (Wildman–Crippen LogP) is 16.5. The van der Waals surface area contributed by atoms with E-state index in [0.29, 0.717) is 0 Å². The van der Waals surface area contributed by atoms with Crippen molar-refractivity contribution in [1.82, 2.24) is 0 Å². The van der Waals surface area contributed by atoms with Gasteiger partial charge in [-0.05, 0) is 147 Å². The van der Waals surface area contributed by atoms with Crippen LogP contribution in [0.2, 0.25) is 0 Å². The zero-order valence-electron chi connectivity index (χ0n) is 36.7. The summed E-state index contributed by atoms with van der Waals surface area (Å²) < 4.78 is 6.37. The van der Waals surface area contributed by atoms with Gasteiger partial charge in [-0.2, -0.15) is 0 Å². The molecule has 0 amide bonds. The summed E-state index contributed by atoms with van der Waals surface area (Å²) >= 11 is 0. The van der Waals surface area contributed by atoms with Crippen LogP contribution >= 0.6 is 0 Å². The Morgan fingerprint density at radius 3 is 2.15 bits per heavy atom. The van der Waals surface area contributed by atoms with Crippen LogP contribution in [0.3, 0.4) is 0 Å². The van der Waals surface area contributed by atoms with Crippen molar-refractivity contribution in [3.63, 3.8) is 0 Å². The van der Waals surface area contributed by atoms with E-state index in [1.165, 1.54) is 89.2 Å². The molecule has 4 aliphatic rings. The lowest BCUT2D eigenvalue weighted by atomic mass is 9.62. The van der Waals surface area contributed by atoms with Gasteiger partial charge >= 0.3 is 0 Å². The predicted molar refractivity (Wildman–Crippen MR) is 272 cm³/mol. The van der Waals surface area contributed by atoms with Crippen molar-refractivity contribution in [1.29, 1.82) is 0 Å².